The van der Waals surface area contributed by atoms with Crippen molar-refractivity contribution < 1.29 is 19.3 Å². The maximum Gasteiger partial charge on any atom is 0.128 e. The standard InChI is InChI=1S/C16H23NO4/c1-19-12-5-6-13(14(8-12)20-2)16(18)15-9-17-7-3-4-11(17)10-21-15/h5-6,8,11,15-16,18H,3-4,7,9-10H2,1-2H3. The Bertz CT molecular complexity index is 493. The number of aliphatic hydroxyl groups is 1. The third-order valence-electron chi connectivity index (χ3n) is 4.53. The Balaban J connectivity index is 1.76. The summed E-state index contributed by atoms with van der Waals surface area (Å²) in [6, 6.07) is 6.01. The van der Waals surface area contributed by atoms with Gasteiger partial charge in [0.25, 0.3) is 0 Å². The average molecular weight is 293 g/mol. The Hall–Kier alpha value is -1.30. The third kappa shape index (κ3) is 2.86. The number of ether oxygens (including phenoxy) is 3. The van der Waals surface area contributed by atoms with Gasteiger partial charge < -0.3 is 19.3 Å². The fourth-order valence-corrected chi connectivity index (χ4v) is 3.30. The Kier molecular flexibility index (Phi) is 4.33. The summed E-state index contributed by atoms with van der Waals surface area (Å²) in [6.07, 6.45) is 1.53. The second kappa shape index (κ2) is 6.22. The number of methoxy groups -OCH3 is 2. The zero-order chi connectivity index (χ0) is 14.8. The van der Waals surface area contributed by atoms with Gasteiger partial charge in [-0.15, -0.1) is 0 Å². The van der Waals surface area contributed by atoms with Crippen LogP contribution in [0.2, 0.25) is 0 Å². The summed E-state index contributed by atoms with van der Waals surface area (Å²) >= 11 is 0. The third-order valence-corrected chi connectivity index (χ3v) is 4.53. The smallest absolute Gasteiger partial charge is 0.128 e. The molecule has 116 valence electrons. The van der Waals surface area contributed by atoms with Crippen molar-refractivity contribution in [3.8, 4) is 11.5 Å². The lowest BCUT2D eigenvalue weighted by Gasteiger charge is -2.37. The molecule has 5 nitrogen and oxygen atoms in total. The number of benzene rings is 1. The Morgan fingerprint density at radius 2 is 2.19 bits per heavy atom. The second-order valence-corrected chi connectivity index (χ2v) is 5.72. The van der Waals surface area contributed by atoms with E-state index < -0.39 is 6.10 Å². The van der Waals surface area contributed by atoms with Gasteiger partial charge in [-0.05, 0) is 31.5 Å². The van der Waals surface area contributed by atoms with Crippen LogP contribution in [0.1, 0.15) is 24.5 Å². The van der Waals surface area contributed by atoms with Crippen molar-refractivity contribution in [2.45, 2.75) is 31.1 Å². The minimum Gasteiger partial charge on any atom is -0.497 e. The molecule has 0 saturated carbocycles. The molecule has 0 spiro atoms. The fraction of sp³-hybridized carbons (Fsp3) is 0.625. The first-order valence-electron chi connectivity index (χ1n) is 7.48. The Morgan fingerprint density at radius 3 is 2.95 bits per heavy atom. The summed E-state index contributed by atoms with van der Waals surface area (Å²) in [5.74, 6) is 1.35. The van der Waals surface area contributed by atoms with Crippen LogP contribution in [0.4, 0.5) is 0 Å². The molecule has 0 aromatic heterocycles. The predicted octanol–water partition coefficient (Wildman–Crippen LogP) is 1.60. The van der Waals surface area contributed by atoms with E-state index in [4.69, 9.17) is 14.2 Å². The second-order valence-electron chi connectivity index (χ2n) is 5.72. The number of nitrogens with zero attached hydrogens (tertiary/aromatic N) is 1. The van der Waals surface area contributed by atoms with Crippen LogP contribution in [0.25, 0.3) is 0 Å². The average Bonchev–Trinajstić information content (AvgIpc) is 3.01. The number of hydrogen-bond acceptors (Lipinski definition) is 5. The van der Waals surface area contributed by atoms with E-state index >= 15 is 0 Å². The molecule has 1 aromatic carbocycles. The first kappa shape index (κ1) is 14.6. The van der Waals surface area contributed by atoms with Crippen LogP contribution in [0.5, 0.6) is 11.5 Å². The van der Waals surface area contributed by atoms with Gasteiger partial charge in [0.1, 0.15) is 23.7 Å². The van der Waals surface area contributed by atoms with Crippen LogP contribution < -0.4 is 9.47 Å². The van der Waals surface area contributed by atoms with Crippen molar-refractivity contribution in [2.75, 3.05) is 33.9 Å². The molecule has 21 heavy (non-hydrogen) atoms. The van der Waals surface area contributed by atoms with Crippen molar-refractivity contribution in [2.24, 2.45) is 0 Å². The molecule has 5 heteroatoms. The number of aliphatic hydroxyl groups excluding tert-OH is 1. The van der Waals surface area contributed by atoms with Crippen LogP contribution in [-0.4, -0.2) is 56.1 Å². The highest BCUT2D eigenvalue weighted by Crippen LogP contribution is 2.34. The van der Waals surface area contributed by atoms with E-state index in [0.29, 0.717) is 24.1 Å². The molecule has 1 N–H and O–H groups in total. The summed E-state index contributed by atoms with van der Waals surface area (Å²) in [4.78, 5) is 2.42. The quantitative estimate of drug-likeness (QED) is 0.914. The Morgan fingerprint density at radius 1 is 1.33 bits per heavy atom. The molecular weight excluding hydrogens is 270 g/mol. The van der Waals surface area contributed by atoms with Crippen LogP contribution in [-0.2, 0) is 4.74 Å². The predicted molar refractivity (Wildman–Crippen MR) is 78.8 cm³/mol. The largest absolute Gasteiger partial charge is 0.497 e. The zero-order valence-electron chi connectivity index (χ0n) is 12.6. The zero-order valence-corrected chi connectivity index (χ0v) is 12.6. The van der Waals surface area contributed by atoms with Crippen molar-refractivity contribution in [1.82, 2.24) is 4.90 Å². The molecule has 1 aromatic rings. The first-order chi connectivity index (χ1) is 10.2. The maximum atomic E-state index is 10.7. The van der Waals surface area contributed by atoms with Crippen LogP contribution >= 0.6 is 0 Å². The topological polar surface area (TPSA) is 51.2 Å². The summed E-state index contributed by atoms with van der Waals surface area (Å²) in [5.41, 5.74) is 0.751. The monoisotopic (exact) mass is 293 g/mol. The molecule has 0 radical (unpaired) electrons. The van der Waals surface area contributed by atoms with Gasteiger partial charge in [0, 0.05) is 24.2 Å². The fourth-order valence-electron chi connectivity index (χ4n) is 3.30. The van der Waals surface area contributed by atoms with Gasteiger partial charge in [-0.1, -0.05) is 0 Å². The lowest BCUT2D eigenvalue weighted by molar-refractivity contribution is -0.104. The molecule has 2 fully saturated rings. The van der Waals surface area contributed by atoms with Crippen molar-refractivity contribution in [3.05, 3.63) is 23.8 Å². The highest BCUT2D eigenvalue weighted by molar-refractivity contribution is 5.42. The van der Waals surface area contributed by atoms with Gasteiger partial charge in [0.15, 0.2) is 0 Å². The van der Waals surface area contributed by atoms with Crippen LogP contribution in [0.15, 0.2) is 18.2 Å². The number of hydrogen-bond donors (Lipinski definition) is 1. The number of rotatable bonds is 4. The first-order valence-corrected chi connectivity index (χ1v) is 7.48. The lowest BCUT2D eigenvalue weighted by atomic mass is 10.0. The highest BCUT2D eigenvalue weighted by Gasteiger charge is 2.36. The lowest BCUT2D eigenvalue weighted by Crippen LogP contribution is -2.48. The number of fused-ring (bicyclic) bond motifs is 1. The minimum atomic E-state index is -0.688. The van der Waals surface area contributed by atoms with Gasteiger partial charge >= 0.3 is 0 Å². The molecule has 2 aliphatic rings. The molecule has 3 atom stereocenters. The SMILES string of the molecule is COc1ccc(C(O)C2CN3CCCC3CO2)c(OC)c1. The summed E-state index contributed by atoms with van der Waals surface area (Å²) in [6.45, 7) is 2.60. The van der Waals surface area contributed by atoms with E-state index in [2.05, 4.69) is 4.90 Å². The molecule has 2 heterocycles. The van der Waals surface area contributed by atoms with Gasteiger partial charge in [-0.25, -0.2) is 0 Å². The van der Waals surface area contributed by atoms with E-state index in [9.17, 15) is 5.11 Å². The highest BCUT2D eigenvalue weighted by atomic mass is 16.5. The van der Waals surface area contributed by atoms with Crippen molar-refractivity contribution >= 4 is 0 Å². The summed E-state index contributed by atoms with van der Waals surface area (Å²) in [5, 5.41) is 10.7. The molecule has 3 unspecified atom stereocenters. The van der Waals surface area contributed by atoms with E-state index in [1.807, 2.05) is 12.1 Å². The van der Waals surface area contributed by atoms with E-state index in [-0.39, 0.29) is 6.10 Å². The molecule has 2 saturated heterocycles. The van der Waals surface area contributed by atoms with Crippen molar-refractivity contribution in [3.63, 3.8) is 0 Å². The van der Waals surface area contributed by atoms with Gasteiger partial charge in [0.2, 0.25) is 0 Å². The minimum absolute atomic E-state index is 0.207. The van der Waals surface area contributed by atoms with E-state index in [1.165, 1.54) is 12.8 Å². The summed E-state index contributed by atoms with van der Waals surface area (Å²) in [7, 11) is 3.21. The van der Waals surface area contributed by atoms with E-state index in [0.717, 1.165) is 18.7 Å². The van der Waals surface area contributed by atoms with Crippen molar-refractivity contribution in [1.29, 1.82) is 0 Å². The number of morpholine rings is 1. The van der Waals surface area contributed by atoms with Gasteiger partial charge in [0.05, 0.1) is 20.8 Å². The normalized spacial score (nSPS) is 27.2. The molecular formula is C16H23NO4. The van der Waals surface area contributed by atoms with Gasteiger partial charge in [-0.2, -0.15) is 0 Å². The van der Waals surface area contributed by atoms with Gasteiger partial charge in [-0.3, -0.25) is 4.90 Å². The van der Waals surface area contributed by atoms with Crippen LogP contribution in [0, 0.1) is 0 Å². The molecule has 0 bridgehead atoms. The van der Waals surface area contributed by atoms with E-state index in [1.54, 1.807) is 20.3 Å². The maximum absolute atomic E-state index is 10.7. The molecule has 3 rings (SSSR count). The van der Waals surface area contributed by atoms with Crippen LogP contribution in [0.3, 0.4) is 0 Å². The molecule has 0 amide bonds. The summed E-state index contributed by atoms with van der Waals surface area (Å²) < 4.78 is 16.5. The molecule has 0 aliphatic carbocycles. The molecule has 2 aliphatic heterocycles. The Labute approximate surface area is 125 Å².